The first kappa shape index (κ1) is 16.7. The van der Waals surface area contributed by atoms with Crippen molar-refractivity contribution in [1.29, 1.82) is 0 Å². The molecule has 0 saturated heterocycles. The summed E-state index contributed by atoms with van der Waals surface area (Å²) in [5.41, 5.74) is 2.80. The maximum atomic E-state index is 12.3. The Labute approximate surface area is 145 Å². The zero-order valence-electron chi connectivity index (χ0n) is 14.1. The van der Waals surface area contributed by atoms with Crippen molar-refractivity contribution in [3.63, 3.8) is 0 Å². The van der Waals surface area contributed by atoms with Crippen molar-refractivity contribution in [2.75, 3.05) is 5.32 Å². The van der Waals surface area contributed by atoms with Crippen LogP contribution in [0.4, 0.5) is 11.4 Å². The standard InChI is InChI=1S/C19H19N3O3/c1-13(2)14-3-8-18-15(11-14)9-10-21(18)12-19(23)20-16-4-6-17(7-5-16)22(24)25/h3-11,13H,12H2,1-2H3,(H,20,23). The first-order valence-electron chi connectivity index (χ1n) is 8.07. The van der Waals surface area contributed by atoms with E-state index in [4.69, 9.17) is 0 Å². The van der Waals surface area contributed by atoms with Crippen molar-refractivity contribution in [2.45, 2.75) is 26.3 Å². The molecule has 0 bridgehead atoms. The topological polar surface area (TPSA) is 77.2 Å². The number of carbonyl (C=O) groups is 1. The highest BCUT2D eigenvalue weighted by Gasteiger charge is 2.09. The van der Waals surface area contributed by atoms with E-state index < -0.39 is 4.92 Å². The van der Waals surface area contributed by atoms with Crippen molar-refractivity contribution in [3.05, 3.63) is 70.4 Å². The number of nitrogens with zero attached hydrogens (tertiary/aromatic N) is 2. The lowest BCUT2D eigenvalue weighted by atomic mass is 10.0. The molecule has 0 fully saturated rings. The Morgan fingerprint density at radius 2 is 1.88 bits per heavy atom. The summed E-state index contributed by atoms with van der Waals surface area (Å²) in [6, 6.07) is 14.0. The first-order chi connectivity index (χ1) is 11.9. The van der Waals surface area contributed by atoms with Gasteiger partial charge in [-0.15, -0.1) is 0 Å². The Morgan fingerprint density at radius 3 is 2.52 bits per heavy atom. The van der Waals surface area contributed by atoms with Crippen molar-refractivity contribution < 1.29 is 9.72 Å². The maximum Gasteiger partial charge on any atom is 0.269 e. The van der Waals surface area contributed by atoms with Crippen molar-refractivity contribution in [1.82, 2.24) is 4.57 Å². The van der Waals surface area contributed by atoms with Crippen LogP contribution >= 0.6 is 0 Å². The Kier molecular flexibility index (Phi) is 4.52. The molecule has 0 spiro atoms. The number of fused-ring (bicyclic) bond motifs is 1. The van der Waals surface area contributed by atoms with Crippen LogP contribution in [-0.2, 0) is 11.3 Å². The molecule has 1 amide bonds. The van der Waals surface area contributed by atoms with Gasteiger partial charge in [0.15, 0.2) is 0 Å². The van der Waals surface area contributed by atoms with Crippen LogP contribution in [-0.4, -0.2) is 15.4 Å². The summed E-state index contributed by atoms with van der Waals surface area (Å²) in [6.07, 6.45) is 1.89. The fraction of sp³-hybridized carbons (Fsp3) is 0.211. The van der Waals surface area contributed by atoms with Crippen molar-refractivity contribution >= 4 is 28.2 Å². The molecule has 3 rings (SSSR count). The minimum atomic E-state index is -0.469. The zero-order valence-corrected chi connectivity index (χ0v) is 14.1. The van der Waals surface area contributed by atoms with E-state index in [9.17, 15) is 14.9 Å². The molecule has 0 radical (unpaired) electrons. The number of aromatic nitrogens is 1. The van der Waals surface area contributed by atoms with Crippen LogP contribution in [0.3, 0.4) is 0 Å². The number of rotatable bonds is 5. The van der Waals surface area contributed by atoms with E-state index in [1.165, 1.54) is 29.8 Å². The molecular formula is C19H19N3O3. The molecule has 25 heavy (non-hydrogen) atoms. The third-order valence-corrected chi connectivity index (χ3v) is 4.14. The molecule has 1 aromatic heterocycles. The van der Waals surface area contributed by atoms with Crippen LogP contribution in [0.2, 0.25) is 0 Å². The highest BCUT2D eigenvalue weighted by atomic mass is 16.6. The lowest BCUT2D eigenvalue weighted by Crippen LogP contribution is -2.18. The van der Waals surface area contributed by atoms with Gasteiger partial charge in [0.25, 0.3) is 5.69 Å². The number of nitro groups is 1. The largest absolute Gasteiger partial charge is 0.338 e. The molecule has 0 aliphatic heterocycles. The summed E-state index contributed by atoms with van der Waals surface area (Å²) in [5, 5.41) is 14.5. The van der Waals surface area contributed by atoms with Crippen LogP contribution in [0.15, 0.2) is 54.7 Å². The minimum absolute atomic E-state index is 0.00430. The second kappa shape index (κ2) is 6.76. The SMILES string of the molecule is CC(C)c1ccc2c(ccn2CC(=O)Nc2ccc([N+](=O)[O-])cc2)c1. The molecule has 6 heteroatoms. The van der Waals surface area contributed by atoms with Crippen LogP contribution in [0.1, 0.15) is 25.3 Å². The summed E-state index contributed by atoms with van der Waals surface area (Å²) >= 11 is 0. The number of nitro benzene ring substituents is 1. The monoisotopic (exact) mass is 337 g/mol. The summed E-state index contributed by atoms with van der Waals surface area (Å²) in [7, 11) is 0. The summed E-state index contributed by atoms with van der Waals surface area (Å²) < 4.78 is 1.89. The smallest absolute Gasteiger partial charge is 0.269 e. The van der Waals surface area contributed by atoms with Gasteiger partial charge in [-0.05, 0) is 47.2 Å². The van der Waals surface area contributed by atoms with Gasteiger partial charge in [-0.1, -0.05) is 19.9 Å². The molecule has 1 heterocycles. The van der Waals surface area contributed by atoms with Gasteiger partial charge in [0.2, 0.25) is 5.91 Å². The number of anilines is 1. The van der Waals surface area contributed by atoms with Gasteiger partial charge in [-0.3, -0.25) is 14.9 Å². The van der Waals surface area contributed by atoms with Gasteiger partial charge in [0, 0.05) is 29.5 Å². The Bertz CT molecular complexity index is 927. The van der Waals surface area contributed by atoms with Gasteiger partial charge >= 0.3 is 0 Å². The third-order valence-electron chi connectivity index (χ3n) is 4.14. The number of benzene rings is 2. The van der Waals surface area contributed by atoms with E-state index >= 15 is 0 Å². The van der Waals surface area contributed by atoms with Crippen LogP contribution in [0.5, 0.6) is 0 Å². The Morgan fingerprint density at radius 1 is 1.16 bits per heavy atom. The van der Waals surface area contributed by atoms with Crippen molar-refractivity contribution in [3.8, 4) is 0 Å². The highest BCUT2D eigenvalue weighted by Crippen LogP contribution is 2.22. The van der Waals surface area contributed by atoms with E-state index in [1.807, 2.05) is 22.9 Å². The maximum absolute atomic E-state index is 12.3. The predicted octanol–water partition coefficient (Wildman–Crippen LogP) is 4.31. The Balaban J connectivity index is 1.72. The molecular weight excluding hydrogens is 318 g/mol. The molecule has 2 aromatic carbocycles. The average Bonchev–Trinajstić information content (AvgIpc) is 2.97. The van der Waals surface area contributed by atoms with E-state index in [0.29, 0.717) is 11.6 Å². The molecule has 0 aliphatic carbocycles. The molecule has 128 valence electrons. The number of amides is 1. The van der Waals surface area contributed by atoms with Gasteiger partial charge in [0.1, 0.15) is 6.54 Å². The lowest BCUT2D eigenvalue weighted by Gasteiger charge is -2.09. The number of carbonyl (C=O) groups excluding carboxylic acids is 1. The van der Waals surface area contributed by atoms with E-state index in [0.717, 1.165) is 10.9 Å². The Hall–Kier alpha value is -3.15. The number of hydrogen-bond acceptors (Lipinski definition) is 3. The number of hydrogen-bond donors (Lipinski definition) is 1. The highest BCUT2D eigenvalue weighted by molar-refractivity contribution is 5.92. The van der Waals surface area contributed by atoms with Crippen LogP contribution in [0.25, 0.3) is 10.9 Å². The average molecular weight is 337 g/mol. The third kappa shape index (κ3) is 3.68. The fourth-order valence-electron chi connectivity index (χ4n) is 2.74. The predicted molar refractivity (Wildman–Crippen MR) is 97.8 cm³/mol. The van der Waals surface area contributed by atoms with Crippen LogP contribution < -0.4 is 5.32 Å². The number of nitrogens with one attached hydrogen (secondary N) is 1. The first-order valence-corrected chi connectivity index (χ1v) is 8.07. The summed E-state index contributed by atoms with van der Waals surface area (Å²) in [6.45, 7) is 4.48. The lowest BCUT2D eigenvalue weighted by molar-refractivity contribution is -0.384. The second-order valence-corrected chi connectivity index (χ2v) is 6.27. The van der Waals surface area contributed by atoms with Gasteiger partial charge in [-0.25, -0.2) is 0 Å². The molecule has 3 aromatic rings. The van der Waals surface area contributed by atoms with Gasteiger partial charge < -0.3 is 9.88 Å². The summed E-state index contributed by atoms with van der Waals surface area (Å²) in [5.74, 6) is 0.275. The molecule has 6 nitrogen and oxygen atoms in total. The van der Waals surface area contributed by atoms with Gasteiger partial charge in [0.05, 0.1) is 4.92 Å². The minimum Gasteiger partial charge on any atom is -0.338 e. The van der Waals surface area contributed by atoms with Gasteiger partial charge in [-0.2, -0.15) is 0 Å². The molecule has 0 aliphatic rings. The number of non-ortho nitro benzene ring substituents is 1. The quantitative estimate of drug-likeness (QED) is 0.556. The van der Waals surface area contributed by atoms with E-state index in [-0.39, 0.29) is 18.1 Å². The van der Waals surface area contributed by atoms with E-state index in [2.05, 4.69) is 31.3 Å². The van der Waals surface area contributed by atoms with Crippen LogP contribution in [0, 0.1) is 10.1 Å². The molecule has 0 atom stereocenters. The normalized spacial score (nSPS) is 11.0. The van der Waals surface area contributed by atoms with Crippen molar-refractivity contribution in [2.24, 2.45) is 0 Å². The fourth-order valence-corrected chi connectivity index (χ4v) is 2.74. The molecule has 0 unspecified atom stereocenters. The second-order valence-electron chi connectivity index (χ2n) is 6.27. The zero-order chi connectivity index (χ0) is 18.0. The van der Waals surface area contributed by atoms with E-state index in [1.54, 1.807) is 0 Å². The molecule has 1 N–H and O–H groups in total. The summed E-state index contributed by atoms with van der Waals surface area (Å²) in [4.78, 5) is 22.4. The molecule has 0 saturated carbocycles.